The van der Waals surface area contributed by atoms with E-state index in [1.54, 1.807) is 17.8 Å². The third-order valence-electron chi connectivity index (χ3n) is 8.62. The number of nitrogens with one attached hydrogen (secondary N) is 2. The van der Waals surface area contributed by atoms with Gasteiger partial charge in [0, 0.05) is 38.9 Å². The molecule has 3 aliphatic rings. The van der Waals surface area contributed by atoms with Crippen LogP contribution in [0.15, 0.2) is 107 Å². The molecule has 0 aliphatic heterocycles. The number of thioether (sulfide) groups is 1. The zero-order chi connectivity index (χ0) is 28.8. The summed E-state index contributed by atoms with van der Waals surface area (Å²) in [7, 11) is 0. The van der Waals surface area contributed by atoms with Crippen molar-refractivity contribution in [2.24, 2.45) is 5.41 Å². The molecule has 0 radical (unpaired) electrons. The Bertz CT molecular complexity index is 1800. The topological polar surface area (TPSA) is 71.1 Å². The Morgan fingerprint density at radius 3 is 2.26 bits per heavy atom. The van der Waals surface area contributed by atoms with E-state index in [-0.39, 0.29) is 23.7 Å². The van der Waals surface area contributed by atoms with E-state index in [9.17, 15) is 9.59 Å². The molecule has 0 saturated carbocycles. The molecule has 7 heteroatoms. The van der Waals surface area contributed by atoms with Crippen LogP contribution in [0.25, 0.3) is 11.3 Å². The Labute approximate surface area is 253 Å². The van der Waals surface area contributed by atoms with Crippen LogP contribution in [0.1, 0.15) is 57.8 Å². The average Bonchev–Trinajstić information content (AvgIpc) is 3.50. The summed E-state index contributed by atoms with van der Waals surface area (Å²) in [4.78, 5) is 32.9. The molecule has 208 valence electrons. The summed E-state index contributed by atoms with van der Waals surface area (Å²) in [6, 6.07) is 32.3. The number of nitrogens with zero attached hydrogens (tertiary/aromatic N) is 1. The Morgan fingerprint density at radius 1 is 0.857 bits per heavy atom. The van der Waals surface area contributed by atoms with Gasteiger partial charge < -0.3 is 10.6 Å². The van der Waals surface area contributed by atoms with Crippen molar-refractivity contribution < 1.29 is 9.59 Å². The van der Waals surface area contributed by atoms with Gasteiger partial charge in [-0.05, 0) is 72.2 Å². The maximum atomic E-state index is 14.0. The zero-order valence-corrected chi connectivity index (χ0v) is 24.9. The Hall–Kier alpha value is -4.20. The Kier molecular flexibility index (Phi) is 6.72. The van der Waals surface area contributed by atoms with E-state index in [2.05, 4.69) is 66.1 Å². The fourth-order valence-electron chi connectivity index (χ4n) is 6.62. The van der Waals surface area contributed by atoms with Crippen LogP contribution >= 0.6 is 23.1 Å². The monoisotopic (exact) mass is 587 g/mol. The SMILES string of the molecule is CSc1cccc(NC(=O)c2cccc(-c3csc(NC(=O)C4(C)CC5c6ccccc6C4c4ccccc45)n3)c2)c1. The van der Waals surface area contributed by atoms with Gasteiger partial charge >= 0.3 is 0 Å². The molecule has 1 unspecified atom stereocenters. The highest BCUT2D eigenvalue weighted by Gasteiger charge is 2.54. The van der Waals surface area contributed by atoms with Crippen LogP contribution in [0.3, 0.4) is 0 Å². The fourth-order valence-corrected chi connectivity index (χ4v) is 7.79. The molecule has 1 heterocycles. The van der Waals surface area contributed by atoms with E-state index in [1.807, 2.05) is 54.1 Å². The number of hydrogen-bond acceptors (Lipinski definition) is 5. The van der Waals surface area contributed by atoms with Gasteiger partial charge in [0.05, 0.1) is 11.1 Å². The van der Waals surface area contributed by atoms with Crippen LogP contribution in [0.5, 0.6) is 0 Å². The van der Waals surface area contributed by atoms with Crippen LogP contribution in [-0.4, -0.2) is 23.1 Å². The molecule has 2 N–H and O–H groups in total. The third-order valence-corrected chi connectivity index (χ3v) is 10.1. The minimum Gasteiger partial charge on any atom is -0.322 e. The number of carbonyl (C=O) groups is 2. The number of amides is 2. The smallest absolute Gasteiger partial charge is 0.255 e. The first-order chi connectivity index (χ1) is 20.4. The van der Waals surface area contributed by atoms with E-state index >= 15 is 0 Å². The van der Waals surface area contributed by atoms with Crippen LogP contribution in [0.2, 0.25) is 0 Å². The van der Waals surface area contributed by atoms with Crippen LogP contribution in [0, 0.1) is 5.41 Å². The molecule has 4 aromatic carbocycles. The summed E-state index contributed by atoms with van der Waals surface area (Å²) < 4.78 is 0. The lowest BCUT2D eigenvalue weighted by Crippen LogP contribution is -2.47. The van der Waals surface area contributed by atoms with Crippen molar-refractivity contribution in [3.8, 4) is 11.3 Å². The highest BCUT2D eigenvalue weighted by molar-refractivity contribution is 7.98. The molecule has 8 rings (SSSR count). The normalized spacial score (nSPS) is 20.0. The third kappa shape index (κ3) is 4.53. The number of rotatable bonds is 6. The summed E-state index contributed by atoms with van der Waals surface area (Å²) in [5.41, 5.74) is 7.41. The first kappa shape index (κ1) is 26.7. The number of aromatic nitrogens is 1. The van der Waals surface area contributed by atoms with E-state index in [4.69, 9.17) is 4.98 Å². The standard InChI is InChI=1S/C35H29N3O2S2/c1-35(19-29-25-13-3-5-15-27(25)31(35)28-16-6-4-14-26(28)29)33(40)38-34-37-30(20-42-34)21-9-7-10-22(17-21)32(39)36-23-11-8-12-24(18-23)41-2/h3-18,20,29,31H,19H2,1-2H3,(H,36,39)(H,37,38,40). The van der Waals surface area contributed by atoms with Crippen molar-refractivity contribution in [3.05, 3.63) is 130 Å². The molecule has 2 amide bonds. The predicted octanol–water partition coefficient (Wildman–Crippen LogP) is 8.41. The Morgan fingerprint density at radius 2 is 1.55 bits per heavy atom. The molecule has 1 atom stereocenters. The van der Waals surface area contributed by atoms with Gasteiger partial charge in [-0.15, -0.1) is 23.1 Å². The second-order valence-electron chi connectivity index (χ2n) is 11.1. The molecule has 0 saturated heterocycles. The summed E-state index contributed by atoms with van der Waals surface area (Å²) in [6.45, 7) is 2.09. The van der Waals surface area contributed by atoms with Crippen molar-refractivity contribution in [1.82, 2.24) is 4.98 Å². The highest BCUT2D eigenvalue weighted by atomic mass is 32.2. The first-order valence-electron chi connectivity index (χ1n) is 13.9. The molecule has 5 nitrogen and oxygen atoms in total. The lowest BCUT2D eigenvalue weighted by Gasteiger charge is -2.50. The minimum absolute atomic E-state index is 0.0111. The van der Waals surface area contributed by atoms with Gasteiger partial charge in [-0.1, -0.05) is 66.7 Å². The number of hydrogen-bond donors (Lipinski definition) is 2. The summed E-state index contributed by atoms with van der Waals surface area (Å²) in [5, 5.41) is 8.62. The van der Waals surface area contributed by atoms with Crippen molar-refractivity contribution >= 4 is 45.7 Å². The molecule has 3 aliphatic carbocycles. The largest absolute Gasteiger partial charge is 0.322 e. The number of benzene rings is 4. The number of thiazole rings is 1. The Balaban J connectivity index is 1.11. The second-order valence-corrected chi connectivity index (χ2v) is 12.9. The van der Waals surface area contributed by atoms with E-state index in [1.165, 1.54) is 33.6 Å². The van der Waals surface area contributed by atoms with E-state index < -0.39 is 5.41 Å². The number of anilines is 2. The predicted molar refractivity (Wildman–Crippen MR) is 172 cm³/mol. The van der Waals surface area contributed by atoms with Gasteiger partial charge in [0.15, 0.2) is 5.13 Å². The molecule has 2 bridgehead atoms. The molecule has 0 fully saturated rings. The lowest BCUT2D eigenvalue weighted by atomic mass is 9.52. The van der Waals surface area contributed by atoms with E-state index in [0.29, 0.717) is 10.7 Å². The average molecular weight is 588 g/mol. The minimum atomic E-state index is -0.606. The molecular formula is C35H29N3O2S2. The summed E-state index contributed by atoms with van der Waals surface area (Å²) >= 11 is 3.03. The van der Waals surface area contributed by atoms with Crippen molar-refractivity contribution in [1.29, 1.82) is 0 Å². The summed E-state index contributed by atoms with van der Waals surface area (Å²) in [6.07, 6.45) is 2.76. The van der Waals surface area contributed by atoms with Gasteiger partial charge in [0.25, 0.3) is 5.91 Å². The van der Waals surface area contributed by atoms with Crippen molar-refractivity contribution in [2.75, 3.05) is 16.9 Å². The van der Waals surface area contributed by atoms with E-state index in [0.717, 1.165) is 28.3 Å². The molecule has 42 heavy (non-hydrogen) atoms. The molecular weight excluding hydrogens is 559 g/mol. The van der Waals surface area contributed by atoms with Gasteiger partial charge in [-0.2, -0.15) is 0 Å². The molecule has 0 spiro atoms. The molecule has 5 aromatic rings. The first-order valence-corrected chi connectivity index (χ1v) is 16.1. The van der Waals surface area contributed by atoms with Crippen molar-refractivity contribution in [3.63, 3.8) is 0 Å². The van der Waals surface area contributed by atoms with Crippen LogP contribution in [0.4, 0.5) is 10.8 Å². The molecule has 1 aromatic heterocycles. The lowest BCUT2D eigenvalue weighted by molar-refractivity contribution is -0.126. The maximum absolute atomic E-state index is 14.0. The second kappa shape index (κ2) is 10.6. The van der Waals surface area contributed by atoms with Gasteiger partial charge in [-0.25, -0.2) is 4.98 Å². The van der Waals surface area contributed by atoms with Gasteiger partial charge in [0.1, 0.15) is 0 Å². The fraction of sp³-hybridized carbons (Fsp3) is 0.171. The van der Waals surface area contributed by atoms with Crippen LogP contribution < -0.4 is 10.6 Å². The number of carbonyl (C=O) groups excluding carboxylic acids is 2. The zero-order valence-electron chi connectivity index (χ0n) is 23.3. The maximum Gasteiger partial charge on any atom is 0.255 e. The van der Waals surface area contributed by atoms with Gasteiger partial charge in [0.2, 0.25) is 5.91 Å². The van der Waals surface area contributed by atoms with Crippen LogP contribution in [-0.2, 0) is 4.79 Å². The van der Waals surface area contributed by atoms with Gasteiger partial charge in [-0.3, -0.25) is 9.59 Å². The van der Waals surface area contributed by atoms with Crippen molar-refractivity contribution in [2.45, 2.75) is 30.1 Å². The highest BCUT2D eigenvalue weighted by Crippen LogP contribution is 2.61. The number of fused-ring (bicyclic) bond motifs is 1. The quantitative estimate of drug-likeness (QED) is 0.196. The summed E-state index contributed by atoms with van der Waals surface area (Å²) in [5.74, 6) is -0.00839.